The molecular formula is C18H19N3O6. The monoisotopic (exact) mass is 373 g/mol. The summed E-state index contributed by atoms with van der Waals surface area (Å²) < 4.78 is 5.59. The second kappa shape index (κ2) is 8.75. The summed E-state index contributed by atoms with van der Waals surface area (Å²) in [5.74, 6) is -0.00510. The van der Waals surface area contributed by atoms with Crippen LogP contribution in [-0.4, -0.2) is 22.4 Å². The molecule has 2 aromatic rings. The predicted molar refractivity (Wildman–Crippen MR) is 99.3 cm³/mol. The number of nitrogens with zero attached hydrogens (tertiary/aromatic N) is 2. The predicted octanol–water partition coefficient (Wildman–Crippen LogP) is 4.24. The maximum absolute atomic E-state index is 12.4. The molecule has 0 saturated carbocycles. The lowest BCUT2D eigenvalue weighted by molar-refractivity contribution is -0.394. The third kappa shape index (κ3) is 5.24. The zero-order valence-electron chi connectivity index (χ0n) is 14.9. The Morgan fingerprint density at radius 2 is 1.70 bits per heavy atom. The van der Waals surface area contributed by atoms with E-state index in [1.54, 1.807) is 25.1 Å². The van der Waals surface area contributed by atoms with Crippen molar-refractivity contribution in [3.63, 3.8) is 0 Å². The van der Waals surface area contributed by atoms with Gasteiger partial charge in [0.25, 0.3) is 17.3 Å². The lowest BCUT2D eigenvalue weighted by Crippen LogP contribution is -2.13. The fraction of sp³-hybridized carbons (Fsp3) is 0.278. The van der Waals surface area contributed by atoms with Gasteiger partial charge >= 0.3 is 0 Å². The summed E-state index contributed by atoms with van der Waals surface area (Å²) in [7, 11) is 0. The van der Waals surface area contributed by atoms with Gasteiger partial charge in [-0.1, -0.05) is 13.3 Å². The number of nitrogens with one attached hydrogen (secondary N) is 1. The lowest BCUT2D eigenvalue weighted by Gasteiger charge is -2.11. The summed E-state index contributed by atoms with van der Waals surface area (Å²) in [5, 5.41) is 24.5. The number of amides is 1. The van der Waals surface area contributed by atoms with Gasteiger partial charge in [0, 0.05) is 17.8 Å². The first-order valence-electron chi connectivity index (χ1n) is 8.30. The molecule has 9 heteroatoms. The van der Waals surface area contributed by atoms with Gasteiger partial charge in [0.2, 0.25) is 0 Å². The maximum atomic E-state index is 12.4. The Labute approximate surface area is 155 Å². The molecule has 2 aromatic carbocycles. The standard InChI is InChI=1S/C18H19N3O6/c1-3-4-7-27-16-5-6-17(12(2)8-16)19-18(22)13-9-14(20(23)24)11-15(10-13)21(25)26/h5-6,8-11H,3-4,7H2,1-2H3,(H,19,22). The van der Waals surface area contributed by atoms with Crippen LogP contribution in [-0.2, 0) is 0 Å². The van der Waals surface area contributed by atoms with Crippen molar-refractivity contribution in [3.8, 4) is 5.75 Å². The number of ether oxygens (including phenoxy) is 1. The molecule has 0 spiro atoms. The van der Waals surface area contributed by atoms with Crippen LogP contribution in [0.15, 0.2) is 36.4 Å². The molecule has 1 amide bonds. The summed E-state index contributed by atoms with van der Waals surface area (Å²) >= 11 is 0. The molecule has 0 saturated heterocycles. The van der Waals surface area contributed by atoms with E-state index in [0.717, 1.165) is 36.6 Å². The number of rotatable bonds is 8. The molecule has 1 N–H and O–H groups in total. The van der Waals surface area contributed by atoms with Crippen LogP contribution in [0.1, 0.15) is 35.7 Å². The van der Waals surface area contributed by atoms with Gasteiger partial charge in [0.05, 0.1) is 28.1 Å². The van der Waals surface area contributed by atoms with E-state index < -0.39 is 27.1 Å². The first-order valence-corrected chi connectivity index (χ1v) is 8.30. The summed E-state index contributed by atoms with van der Waals surface area (Å²) in [6.45, 7) is 4.43. The Bertz CT molecular complexity index is 849. The molecular weight excluding hydrogens is 354 g/mol. The second-order valence-electron chi connectivity index (χ2n) is 5.89. The largest absolute Gasteiger partial charge is 0.494 e. The van der Waals surface area contributed by atoms with Crippen molar-refractivity contribution >= 4 is 23.0 Å². The summed E-state index contributed by atoms with van der Waals surface area (Å²) in [6.07, 6.45) is 1.95. The van der Waals surface area contributed by atoms with E-state index in [2.05, 4.69) is 12.2 Å². The molecule has 0 aliphatic carbocycles. The molecule has 0 fully saturated rings. The number of unbranched alkanes of at least 4 members (excludes halogenated alkanes) is 1. The third-order valence-electron chi connectivity index (χ3n) is 3.80. The number of hydrogen-bond acceptors (Lipinski definition) is 6. The maximum Gasteiger partial charge on any atom is 0.277 e. The van der Waals surface area contributed by atoms with Crippen LogP contribution >= 0.6 is 0 Å². The Morgan fingerprint density at radius 3 is 2.22 bits per heavy atom. The number of carbonyl (C=O) groups is 1. The van der Waals surface area contributed by atoms with E-state index in [1.165, 1.54) is 0 Å². The quantitative estimate of drug-likeness (QED) is 0.419. The van der Waals surface area contributed by atoms with Crippen molar-refractivity contribution < 1.29 is 19.4 Å². The van der Waals surface area contributed by atoms with E-state index in [9.17, 15) is 25.0 Å². The summed E-state index contributed by atoms with van der Waals surface area (Å²) in [4.78, 5) is 32.8. The van der Waals surface area contributed by atoms with Crippen molar-refractivity contribution in [2.75, 3.05) is 11.9 Å². The Kier molecular flexibility index (Phi) is 6.42. The van der Waals surface area contributed by atoms with Crippen molar-refractivity contribution in [1.82, 2.24) is 0 Å². The first-order chi connectivity index (χ1) is 12.8. The zero-order valence-corrected chi connectivity index (χ0v) is 14.9. The highest BCUT2D eigenvalue weighted by molar-refractivity contribution is 6.05. The normalized spacial score (nSPS) is 10.3. The molecule has 27 heavy (non-hydrogen) atoms. The molecule has 0 bridgehead atoms. The average Bonchev–Trinajstić information content (AvgIpc) is 2.63. The molecule has 0 radical (unpaired) electrons. The number of benzene rings is 2. The molecule has 0 unspecified atom stereocenters. The molecule has 0 aliphatic rings. The van der Waals surface area contributed by atoms with Gasteiger partial charge in [-0.15, -0.1) is 0 Å². The summed E-state index contributed by atoms with van der Waals surface area (Å²) in [6, 6.07) is 7.93. The molecule has 142 valence electrons. The number of aryl methyl sites for hydroxylation is 1. The number of nitro groups is 2. The molecule has 0 atom stereocenters. The molecule has 9 nitrogen and oxygen atoms in total. The van der Waals surface area contributed by atoms with Crippen LogP contribution in [0, 0.1) is 27.2 Å². The Hall–Kier alpha value is -3.49. The van der Waals surface area contributed by atoms with Crippen LogP contribution in [0.4, 0.5) is 17.1 Å². The SMILES string of the molecule is CCCCOc1ccc(NC(=O)c2cc([N+](=O)[O-])cc([N+](=O)[O-])c2)c(C)c1. The van der Waals surface area contributed by atoms with Gasteiger partial charge in [-0.25, -0.2) is 0 Å². The highest BCUT2D eigenvalue weighted by Crippen LogP contribution is 2.25. The minimum atomic E-state index is -0.780. The van der Waals surface area contributed by atoms with Gasteiger partial charge in [0.15, 0.2) is 0 Å². The van der Waals surface area contributed by atoms with Crippen LogP contribution in [0.25, 0.3) is 0 Å². The van der Waals surface area contributed by atoms with Crippen molar-refractivity contribution in [3.05, 3.63) is 67.8 Å². The van der Waals surface area contributed by atoms with Gasteiger partial charge in [0.1, 0.15) is 5.75 Å². The minimum absolute atomic E-state index is 0.168. The van der Waals surface area contributed by atoms with E-state index in [-0.39, 0.29) is 5.56 Å². The number of anilines is 1. The van der Waals surface area contributed by atoms with Crippen LogP contribution in [0.3, 0.4) is 0 Å². The van der Waals surface area contributed by atoms with Gasteiger partial charge in [-0.3, -0.25) is 25.0 Å². The minimum Gasteiger partial charge on any atom is -0.494 e. The summed E-state index contributed by atoms with van der Waals surface area (Å²) in [5.41, 5.74) is 0.00402. The Morgan fingerprint density at radius 1 is 1.07 bits per heavy atom. The third-order valence-corrected chi connectivity index (χ3v) is 3.80. The van der Waals surface area contributed by atoms with E-state index in [1.807, 2.05) is 0 Å². The average molecular weight is 373 g/mol. The van der Waals surface area contributed by atoms with Crippen molar-refractivity contribution in [2.45, 2.75) is 26.7 Å². The van der Waals surface area contributed by atoms with Crippen LogP contribution in [0.2, 0.25) is 0 Å². The molecule has 0 aliphatic heterocycles. The first kappa shape index (κ1) is 19.8. The number of nitro benzene ring substituents is 2. The molecule has 2 rings (SSSR count). The van der Waals surface area contributed by atoms with E-state index in [0.29, 0.717) is 18.0 Å². The van der Waals surface area contributed by atoms with Gasteiger partial charge < -0.3 is 10.1 Å². The molecule has 0 heterocycles. The number of non-ortho nitro benzene ring substituents is 2. The van der Waals surface area contributed by atoms with Gasteiger partial charge in [-0.05, 0) is 37.1 Å². The molecule has 0 aromatic heterocycles. The topological polar surface area (TPSA) is 125 Å². The zero-order chi connectivity index (χ0) is 20.0. The van der Waals surface area contributed by atoms with Gasteiger partial charge in [-0.2, -0.15) is 0 Å². The smallest absolute Gasteiger partial charge is 0.277 e. The van der Waals surface area contributed by atoms with Crippen LogP contribution < -0.4 is 10.1 Å². The highest BCUT2D eigenvalue weighted by atomic mass is 16.6. The lowest BCUT2D eigenvalue weighted by atomic mass is 10.1. The fourth-order valence-corrected chi connectivity index (χ4v) is 2.33. The van der Waals surface area contributed by atoms with E-state index >= 15 is 0 Å². The number of carbonyl (C=O) groups excluding carboxylic acids is 1. The fourth-order valence-electron chi connectivity index (χ4n) is 2.33. The van der Waals surface area contributed by atoms with Crippen molar-refractivity contribution in [1.29, 1.82) is 0 Å². The van der Waals surface area contributed by atoms with E-state index in [4.69, 9.17) is 4.74 Å². The highest BCUT2D eigenvalue weighted by Gasteiger charge is 2.20. The Balaban J connectivity index is 2.21. The second-order valence-corrected chi connectivity index (χ2v) is 5.89. The van der Waals surface area contributed by atoms with Crippen molar-refractivity contribution in [2.24, 2.45) is 0 Å². The number of hydrogen-bond donors (Lipinski definition) is 1. The van der Waals surface area contributed by atoms with Crippen LogP contribution in [0.5, 0.6) is 5.75 Å².